The fourth-order valence-electron chi connectivity index (χ4n) is 2.06. The Morgan fingerprint density at radius 2 is 2.30 bits per heavy atom. The van der Waals surface area contributed by atoms with Crippen molar-refractivity contribution in [2.45, 2.75) is 25.0 Å². The molecule has 1 aromatic rings. The summed E-state index contributed by atoms with van der Waals surface area (Å²) in [5.41, 5.74) is 1.06. The van der Waals surface area contributed by atoms with Crippen LogP contribution in [0.4, 0.5) is 4.39 Å². The second-order valence-corrected chi connectivity index (χ2v) is 6.15. The molecule has 0 heterocycles. The molecular weight excluding hydrogens is 277 g/mol. The molecule has 1 aromatic carbocycles. The molecule has 1 saturated carbocycles. The maximum Gasteiger partial charge on any atom is 0.306 e. The van der Waals surface area contributed by atoms with Gasteiger partial charge in [0.25, 0.3) is 0 Å². The van der Waals surface area contributed by atoms with Gasteiger partial charge in [-0.3, -0.25) is 4.79 Å². The lowest BCUT2D eigenvalue weighted by atomic mass is 10.1. The van der Waals surface area contributed by atoms with Gasteiger partial charge in [-0.05, 0) is 47.8 Å². The summed E-state index contributed by atoms with van der Waals surface area (Å²) in [5, 5.41) is 8.81. The molecule has 106 valence electrons. The number of methoxy groups -OCH3 is 1. The van der Waals surface area contributed by atoms with Gasteiger partial charge in [0.2, 0.25) is 0 Å². The first kappa shape index (κ1) is 14.9. The highest BCUT2D eigenvalue weighted by molar-refractivity contribution is 7.98. The molecule has 2 rings (SSSR count). The maximum absolute atomic E-state index is 13.6. The van der Waals surface area contributed by atoms with E-state index in [0.717, 1.165) is 18.6 Å². The highest BCUT2D eigenvalue weighted by Gasteiger charge is 2.44. The molecular formula is C15H16FNO2S. The zero-order valence-electron chi connectivity index (χ0n) is 11.3. The molecule has 1 aliphatic rings. The van der Waals surface area contributed by atoms with Crippen LogP contribution in [0.3, 0.4) is 0 Å². The van der Waals surface area contributed by atoms with Gasteiger partial charge < -0.3 is 4.74 Å². The number of nitrogens with zero attached hydrogens (tertiary/aromatic N) is 1. The first-order chi connectivity index (χ1) is 9.58. The van der Waals surface area contributed by atoms with Crippen molar-refractivity contribution in [2.75, 3.05) is 12.9 Å². The number of nitriles is 1. The largest absolute Gasteiger partial charge is 0.469 e. The molecule has 5 heteroatoms. The number of carbonyl (C=O) groups is 1. The second kappa shape index (κ2) is 6.27. The molecule has 0 unspecified atom stereocenters. The molecule has 3 nitrogen and oxygen atoms in total. The summed E-state index contributed by atoms with van der Waals surface area (Å²) in [6.07, 6.45) is 2.49. The van der Waals surface area contributed by atoms with Gasteiger partial charge in [-0.15, -0.1) is 0 Å². The Morgan fingerprint density at radius 3 is 2.90 bits per heavy atom. The van der Waals surface area contributed by atoms with Crippen molar-refractivity contribution >= 4 is 17.7 Å². The van der Waals surface area contributed by atoms with Crippen molar-refractivity contribution in [1.29, 1.82) is 5.26 Å². The average Bonchev–Trinajstić information content (AvgIpc) is 3.20. The van der Waals surface area contributed by atoms with Gasteiger partial charge in [0, 0.05) is 5.75 Å². The normalized spacial score (nSPS) is 15.4. The summed E-state index contributed by atoms with van der Waals surface area (Å²) in [4.78, 5) is 11.3. The van der Waals surface area contributed by atoms with E-state index >= 15 is 0 Å². The summed E-state index contributed by atoms with van der Waals surface area (Å²) in [7, 11) is 1.40. The van der Waals surface area contributed by atoms with Crippen LogP contribution in [-0.2, 0) is 15.3 Å². The monoisotopic (exact) mass is 293 g/mol. The van der Waals surface area contributed by atoms with Crippen LogP contribution >= 0.6 is 11.8 Å². The Bertz CT molecular complexity index is 549. The third kappa shape index (κ3) is 3.73. The van der Waals surface area contributed by atoms with E-state index in [0.29, 0.717) is 23.3 Å². The summed E-state index contributed by atoms with van der Waals surface area (Å²) < 4.78 is 18.3. The van der Waals surface area contributed by atoms with Gasteiger partial charge in [0.15, 0.2) is 0 Å². The summed E-state index contributed by atoms with van der Waals surface area (Å²) in [6.45, 7) is 0. The van der Waals surface area contributed by atoms with Crippen LogP contribution < -0.4 is 0 Å². The zero-order valence-corrected chi connectivity index (χ0v) is 12.1. The van der Waals surface area contributed by atoms with Gasteiger partial charge in [0.05, 0.1) is 25.2 Å². The van der Waals surface area contributed by atoms with Gasteiger partial charge in [0.1, 0.15) is 5.82 Å². The molecule has 0 amide bonds. The molecule has 0 aromatic heterocycles. The molecule has 0 spiro atoms. The third-order valence-electron chi connectivity index (χ3n) is 3.54. The van der Waals surface area contributed by atoms with E-state index in [1.54, 1.807) is 17.8 Å². The minimum absolute atomic E-state index is 0.0427. The number of benzene rings is 1. The minimum atomic E-state index is -0.283. The van der Waals surface area contributed by atoms with E-state index in [9.17, 15) is 9.18 Å². The predicted octanol–water partition coefficient (Wildman–Crippen LogP) is 3.27. The lowest BCUT2D eigenvalue weighted by Gasteiger charge is -2.13. The molecule has 0 bridgehead atoms. The van der Waals surface area contributed by atoms with Crippen LogP contribution in [0, 0.1) is 22.6 Å². The lowest BCUT2D eigenvalue weighted by molar-refractivity contribution is -0.141. The van der Waals surface area contributed by atoms with E-state index in [1.807, 2.05) is 6.07 Å². The molecule has 1 aliphatic carbocycles. The highest BCUT2D eigenvalue weighted by atomic mass is 32.2. The van der Waals surface area contributed by atoms with E-state index in [2.05, 4.69) is 0 Å². The van der Waals surface area contributed by atoms with Crippen molar-refractivity contribution in [3.05, 3.63) is 35.1 Å². The van der Waals surface area contributed by atoms with Crippen molar-refractivity contribution in [2.24, 2.45) is 5.41 Å². The number of hydrogen-bond donors (Lipinski definition) is 0. The predicted molar refractivity (Wildman–Crippen MR) is 75.6 cm³/mol. The van der Waals surface area contributed by atoms with Crippen molar-refractivity contribution in [1.82, 2.24) is 0 Å². The van der Waals surface area contributed by atoms with E-state index < -0.39 is 0 Å². The van der Waals surface area contributed by atoms with Crippen molar-refractivity contribution in [3.63, 3.8) is 0 Å². The number of thioether (sulfide) groups is 1. The third-order valence-corrected chi connectivity index (χ3v) is 4.88. The minimum Gasteiger partial charge on any atom is -0.469 e. The number of carbonyl (C=O) groups excluding carboxylic acids is 1. The van der Waals surface area contributed by atoms with Crippen LogP contribution in [0.2, 0.25) is 0 Å². The summed E-state index contributed by atoms with van der Waals surface area (Å²) in [6, 6.07) is 6.40. The molecule has 0 saturated heterocycles. The molecule has 0 atom stereocenters. The Labute approximate surface area is 122 Å². The van der Waals surface area contributed by atoms with Crippen LogP contribution in [0.25, 0.3) is 0 Å². The topological polar surface area (TPSA) is 50.1 Å². The fourth-order valence-corrected chi connectivity index (χ4v) is 3.43. The zero-order chi connectivity index (χ0) is 14.6. The lowest BCUT2D eigenvalue weighted by Crippen LogP contribution is -2.13. The number of ether oxygens (including phenoxy) is 1. The molecule has 0 radical (unpaired) electrons. The smallest absolute Gasteiger partial charge is 0.306 e. The van der Waals surface area contributed by atoms with Crippen molar-refractivity contribution in [3.8, 4) is 6.07 Å². The number of rotatable bonds is 6. The Morgan fingerprint density at radius 1 is 1.55 bits per heavy atom. The van der Waals surface area contributed by atoms with Gasteiger partial charge >= 0.3 is 5.97 Å². The van der Waals surface area contributed by atoms with Crippen molar-refractivity contribution < 1.29 is 13.9 Å². The standard InChI is InChI=1S/C15H16FNO2S/c1-19-14(18)7-15(4-5-15)10-20-9-12-6-11(8-17)2-3-13(12)16/h2-3,6H,4-5,7,9-10H2,1H3. The fraction of sp³-hybridized carbons (Fsp3) is 0.467. The van der Waals surface area contributed by atoms with Gasteiger partial charge in [-0.2, -0.15) is 17.0 Å². The van der Waals surface area contributed by atoms with E-state index in [1.165, 1.54) is 19.2 Å². The maximum atomic E-state index is 13.6. The first-order valence-corrected chi connectivity index (χ1v) is 7.57. The van der Waals surface area contributed by atoms with Gasteiger partial charge in [-0.1, -0.05) is 0 Å². The summed E-state index contributed by atoms with van der Waals surface area (Å²) >= 11 is 1.60. The summed E-state index contributed by atoms with van der Waals surface area (Å²) in [5.74, 6) is 0.873. The average molecular weight is 293 g/mol. The Balaban J connectivity index is 1.87. The van der Waals surface area contributed by atoms with Crippen LogP contribution in [0.15, 0.2) is 18.2 Å². The molecule has 20 heavy (non-hydrogen) atoms. The van der Waals surface area contributed by atoms with Crippen LogP contribution in [0.1, 0.15) is 30.4 Å². The van der Waals surface area contributed by atoms with Crippen LogP contribution in [-0.4, -0.2) is 18.8 Å². The van der Waals surface area contributed by atoms with E-state index in [4.69, 9.17) is 10.00 Å². The Hall–Kier alpha value is -1.54. The van der Waals surface area contributed by atoms with Gasteiger partial charge in [-0.25, -0.2) is 4.39 Å². The quantitative estimate of drug-likeness (QED) is 0.755. The molecule has 1 fully saturated rings. The molecule has 0 aliphatic heterocycles. The second-order valence-electron chi connectivity index (χ2n) is 5.16. The number of halogens is 1. The van der Waals surface area contributed by atoms with E-state index in [-0.39, 0.29) is 17.2 Å². The Kier molecular flexibility index (Phi) is 4.66. The number of hydrogen-bond acceptors (Lipinski definition) is 4. The SMILES string of the molecule is COC(=O)CC1(CSCc2cc(C#N)ccc2F)CC1. The highest BCUT2D eigenvalue weighted by Crippen LogP contribution is 2.51. The number of esters is 1. The molecule has 0 N–H and O–H groups in total. The first-order valence-electron chi connectivity index (χ1n) is 6.42. The van der Waals surface area contributed by atoms with Crippen LogP contribution in [0.5, 0.6) is 0 Å².